The second-order valence-corrected chi connectivity index (χ2v) is 3.31. The molecule has 1 aromatic heterocycles. The summed E-state index contributed by atoms with van der Waals surface area (Å²) >= 11 is 1.30. The number of hydrogen-bond donors (Lipinski definition) is 1. The molecule has 66 valence electrons. The van der Waals surface area contributed by atoms with Crippen LogP contribution >= 0.6 is 11.8 Å². The van der Waals surface area contributed by atoms with E-state index >= 15 is 0 Å². The number of rotatable bonds is 2. The molecule has 0 spiro atoms. The van der Waals surface area contributed by atoms with Gasteiger partial charge in [0.25, 0.3) is 5.16 Å². The van der Waals surface area contributed by atoms with Gasteiger partial charge in [0, 0.05) is 4.90 Å². The summed E-state index contributed by atoms with van der Waals surface area (Å²) < 4.78 is 0. The van der Waals surface area contributed by atoms with Gasteiger partial charge >= 0.3 is 0 Å². The van der Waals surface area contributed by atoms with E-state index in [1.165, 1.54) is 11.8 Å². The second kappa shape index (κ2) is 3.44. The minimum Gasteiger partial charge on any atom is -0.408 e. The Morgan fingerprint density at radius 2 is 2.00 bits per heavy atom. The number of tetrazole rings is 1. The highest BCUT2D eigenvalue weighted by atomic mass is 32.2. The lowest BCUT2D eigenvalue weighted by molar-refractivity contribution is 0.119. The summed E-state index contributed by atoms with van der Waals surface area (Å²) in [6.45, 7) is 0. The number of nitrogens with zero attached hydrogens (tertiary/aromatic N) is 4. The molecule has 0 fully saturated rings. The Hall–Kier alpha value is -1.56. The van der Waals surface area contributed by atoms with Crippen molar-refractivity contribution in [1.29, 1.82) is 0 Å². The van der Waals surface area contributed by atoms with E-state index in [-0.39, 0.29) is 0 Å². The number of benzene rings is 1. The van der Waals surface area contributed by atoms with Crippen LogP contribution in [-0.2, 0) is 0 Å². The third kappa shape index (κ3) is 1.78. The van der Waals surface area contributed by atoms with Crippen LogP contribution in [0, 0.1) is 0 Å². The molecular weight excluding hydrogens is 188 g/mol. The lowest BCUT2D eigenvalue weighted by atomic mass is 10.4. The van der Waals surface area contributed by atoms with Crippen LogP contribution < -0.4 is 0 Å². The highest BCUT2D eigenvalue weighted by Gasteiger charge is 2.05. The molecule has 5 nitrogen and oxygen atoms in total. The zero-order valence-corrected chi connectivity index (χ0v) is 7.35. The van der Waals surface area contributed by atoms with Gasteiger partial charge in [-0.1, -0.05) is 28.1 Å². The summed E-state index contributed by atoms with van der Waals surface area (Å²) in [6.07, 6.45) is 0. The van der Waals surface area contributed by atoms with Crippen LogP contribution in [0.25, 0.3) is 0 Å². The maximum Gasteiger partial charge on any atom is 0.253 e. The van der Waals surface area contributed by atoms with Crippen molar-refractivity contribution in [3.63, 3.8) is 0 Å². The van der Waals surface area contributed by atoms with E-state index in [9.17, 15) is 0 Å². The summed E-state index contributed by atoms with van der Waals surface area (Å²) in [5, 5.41) is 19.7. The average molecular weight is 194 g/mol. The standard InChI is InChI=1S/C7H6N4OS/c12-11-7(8-9-10-11)13-6-4-2-1-3-5-6/h1-5,12H. The Morgan fingerprint density at radius 1 is 1.23 bits per heavy atom. The average Bonchev–Trinajstić information content (AvgIpc) is 2.54. The highest BCUT2D eigenvalue weighted by molar-refractivity contribution is 7.99. The van der Waals surface area contributed by atoms with Gasteiger partial charge < -0.3 is 5.21 Å². The molecule has 13 heavy (non-hydrogen) atoms. The van der Waals surface area contributed by atoms with Gasteiger partial charge in [0.1, 0.15) is 0 Å². The molecule has 0 saturated heterocycles. The van der Waals surface area contributed by atoms with E-state index in [0.29, 0.717) is 10.0 Å². The van der Waals surface area contributed by atoms with Crippen molar-refractivity contribution in [3.05, 3.63) is 30.3 Å². The molecule has 1 heterocycles. The van der Waals surface area contributed by atoms with Gasteiger partial charge in [-0.25, -0.2) is 0 Å². The van der Waals surface area contributed by atoms with Crippen molar-refractivity contribution in [2.45, 2.75) is 10.1 Å². The van der Waals surface area contributed by atoms with E-state index in [1.54, 1.807) is 0 Å². The molecule has 0 atom stereocenters. The molecule has 1 N–H and O–H groups in total. The first kappa shape index (κ1) is 8.06. The first-order valence-corrected chi connectivity index (χ1v) is 4.38. The van der Waals surface area contributed by atoms with Crippen LogP contribution in [0.5, 0.6) is 0 Å². The maximum atomic E-state index is 9.07. The molecule has 0 saturated carbocycles. The first-order chi connectivity index (χ1) is 6.36. The molecule has 6 heteroatoms. The van der Waals surface area contributed by atoms with Gasteiger partial charge in [-0.3, -0.25) is 0 Å². The normalized spacial score (nSPS) is 10.2. The van der Waals surface area contributed by atoms with Gasteiger partial charge in [0.05, 0.1) is 0 Å². The van der Waals surface area contributed by atoms with Gasteiger partial charge in [-0.05, 0) is 34.3 Å². The van der Waals surface area contributed by atoms with E-state index in [0.717, 1.165) is 4.90 Å². The van der Waals surface area contributed by atoms with E-state index < -0.39 is 0 Å². The summed E-state index contributed by atoms with van der Waals surface area (Å²) in [5.41, 5.74) is 0. The SMILES string of the molecule is On1nnnc1Sc1ccccc1. The third-order valence-electron chi connectivity index (χ3n) is 1.38. The lowest BCUT2D eigenvalue weighted by Gasteiger charge is -1.95. The largest absolute Gasteiger partial charge is 0.408 e. The quantitative estimate of drug-likeness (QED) is 0.724. The predicted molar refractivity (Wildman–Crippen MR) is 45.6 cm³/mol. The van der Waals surface area contributed by atoms with Crippen molar-refractivity contribution in [1.82, 2.24) is 20.4 Å². The highest BCUT2D eigenvalue weighted by Crippen LogP contribution is 2.23. The molecule has 0 aliphatic carbocycles. The fourth-order valence-corrected chi connectivity index (χ4v) is 1.53. The van der Waals surface area contributed by atoms with Gasteiger partial charge in [-0.2, -0.15) is 0 Å². The topological polar surface area (TPSA) is 63.8 Å². The fraction of sp³-hybridized carbons (Fsp3) is 0. The monoisotopic (exact) mass is 194 g/mol. The molecule has 0 aliphatic heterocycles. The second-order valence-electron chi connectivity index (χ2n) is 2.27. The molecule has 0 amide bonds. The zero-order valence-electron chi connectivity index (χ0n) is 6.53. The van der Waals surface area contributed by atoms with Crippen LogP contribution in [0.1, 0.15) is 0 Å². The van der Waals surface area contributed by atoms with Crippen LogP contribution in [-0.4, -0.2) is 25.6 Å². The summed E-state index contributed by atoms with van der Waals surface area (Å²) in [6, 6.07) is 9.58. The van der Waals surface area contributed by atoms with Crippen LogP contribution in [0.15, 0.2) is 40.4 Å². The number of aromatic nitrogens is 4. The molecule has 2 rings (SSSR count). The summed E-state index contributed by atoms with van der Waals surface area (Å²) in [5.74, 6) is 0. The van der Waals surface area contributed by atoms with Gasteiger partial charge in [-0.15, -0.1) is 0 Å². The zero-order chi connectivity index (χ0) is 9.10. The van der Waals surface area contributed by atoms with Gasteiger partial charge in [0.15, 0.2) is 0 Å². The van der Waals surface area contributed by atoms with Crippen molar-refractivity contribution < 1.29 is 5.21 Å². The van der Waals surface area contributed by atoms with E-state index in [2.05, 4.69) is 15.5 Å². The Labute approximate surface area is 78.3 Å². The first-order valence-electron chi connectivity index (χ1n) is 3.57. The van der Waals surface area contributed by atoms with Crippen molar-refractivity contribution in [2.24, 2.45) is 0 Å². The van der Waals surface area contributed by atoms with Crippen LogP contribution in [0.3, 0.4) is 0 Å². The Morgan fingerprint density at radius 3 is 2.62 bits per heavy atom. The molecular formula is C7H6N4OS. The number of hydrogen-bond acceptors (Lipinski definition) is 5. The van der Waals surface area contributed by atoms with Crippen molar-refractivity contribution in [2.75, 3.05) is 0 Å². The maximum absolute atomic E-state index is 9.07. The molecule has 0 bridgehead atoms. The van der Waals surface area contributed by atoms with Gasteiger partial charge in [0.2, 0.25) is 0 Å². The van der Waals surface area contributed by atoms with E-state index in [4.69, 9.17) is 5.21 Å². The molecule has 0 unspecified atom stereocenters. The van der Waals surface area contributed by atoms with Crippen LogP contribution in [0.4, 0.5) is 0 Å². The Bertz CT molecular complexity index is 388. The van der Waals surface area contributed by atoms with E-state index in [1.807, 2.05) is 30.3 Å². The third-order valence-corrected chi connectivity index (χ3v) is 2.31. The Kier molecular flexibility index (Phi) is 2.13. The summed E-state index contributed by atoms with van der Waals surface area (Å²) in [4.78, 5) is 1.63. The minimum atomic E-state index is 0.353. The predicted octanol–water partition coefficient (Wildman–Crippen LogP) is 1.06. The Balaban J connectivity index is 2.20. The molecule has 0 aliphatic rings. The van der Waals surface area contributed by atoms with Crippen LogP contribution in [0.2, 0.25) is 0 Å². The lowest BCUT2D eigenvalue weighted by Crippen LogP contribution is -1.94. The minimum absolute atomic E-state index is 0.353. The summed E-state index contributed by atoms with van der Waals surface area (Å²) in [7, 11) is 0. The molecule has 1 aromatic carbocycles. The molecule has 0 radical (unpaired) electrons. The van der Waals surface area contributed by atoms with Crippen molar-refractivity contribution >= 4 is 11.8 Å². The molecule has 2 aromatic rings. The smallest absolute Gasteiger partial charge is 0.253 e. The van der Waals surface area contributed by atoms with Crippen molar-refractivity contribution in [3.8, 4) is 0 Å². The fourth-order valence-electron chi connectivity index (χ4n) is 0.830.